The summed E-state index contributed by atoms with van der Waals surface area (Å²) in [6, 6.07) is 10.1. The largest absolute Gasteiger partial charge is 0.338 e. The lowest BCUT2D eigenvalue weighted by Gasteiger charge is -2.31. The molecule has 19 heavy (non-hydrogen) atoms. The van der Waals surface area contributed by atoms with E-state index in [1.54, 1.807) is 0 Å². The molecule has 0 unspecified atom stereocenters. The van der Waals surface area contributed by atoms with E-state index in [0.29, 0.717) is 13.1 Å². The zero-order valence-corrected chi connectivity index (χ0v) is 12.4. The van der Waals surface area contributed by atoms with Crippen molar-refractivity contribution in [3.05, 3.63) is 35.9 Å². The van der Waals surface area contributed by atoms with Crippen molar-refractivity contribution in [3.63, 3.8) is 0 Å². The van der Waals surface area contributed by atoms with E-state index in [4.69, 9.17) is 5.73 Å². The Labute approximate surface area is 116 Å². The zero-order valence-electron chi connectivity index (χ0n) is 12.4. The summed E-state index contributed by atoms with van der Waals surface area (Å²) >= 11 is 0. The molecular formula is C16H26N2O. The fraction of sp³-hybridized carbons (Fsp3) is 0.562. The van der Waals surface area contributed by atoms with Gasteiger partial charge in [-0.25, -0.2) is 0 Å². The molecule has 1 aromatic carbocycles. The Morgan fingerprint density at radius 3 is 2.42 bits per heavy atom. The van der Waals surface area contributed by atoms with Crippen LogP contribution in [0.1, 0.15) is 39.2 Å². The lowest BCUT2D eigenvalue weighted by atomic mass is 9.88. The molecule has 1 rings (SSSR count). The second-order valence-electron chi connectivity index (χ2n) is 5.59. The molecule has 0 fully saturated rings. The minimum atomic E-state index is -0.302. The van der Waals surface area contributed by atoms with Crippen LogP contribution in [0.15, 0.2) is 30.3 Å². The number of hydrogen-bond acceptors (Lipinski definition) is 2. The Kier molecular flexibility index (Phi) is 6.03. The van der Waals surface area contributed by atoms with E-state index in [9.17, 15) is 4.79 Å². The standard InChI is InChI=1S/C16H26N2O/c1-4-16(2,3)15(19)18(12-8-11-17)13-14-9-6-5-7-10-14/h5-7,9-10H,4,8,11-13,17H2,1-3H3. The number of nitrogens with two attached hydrogens (primary N) is 1. The fourth-order valence-electron chi connectivity index (χ4n) is 1.92. The molecule has 0 aromatic heterocycles. The molecule has 0 aliphatic heterocycles. The van der Waals surface area contributed by atoms with Crippen LogP contribution in [0, 0.1) is 5.41 Å². The van der Waals surface area contributed by atoms with E-state index in [1.165, 1.54) is 5.56 Å². The summed E-state index contributed by atoms with van der Waals surface area (Å²) in [7, 11) is 0. The van der Waals surface area contributed by atoms with Crippen molar-refractivity contribution in [1.29, 1.82) is 0 Å². The Morgan fingerprint density at radius 2 is 1.89 bits per heavy atom. The van der Waals surface area contributed by atoms with Gasteiger partial charge in [-0.15, -0.1) is 0 Å². The maximum absolute atomic E-state index is 12.6. The van der Waals surface area contributed by atoms with Crippen LogP contribution in [-0.2, 0) is 11.3 Å². The minimum Gasteiger partial charge on any atom is -0.338 e. The van der Waals surface area contributed by atoms with Crippen molar-refractivity contribution in [2.45, 2.75) is 40.2 Å². The molecular weight excluding hydrogens is 236 g/mol. The van der Waals surface area contributed by atoms with Gasteiger partial charge in [0.2, 0.25) is 5.91 Å². The van der Waals surface area contributed by atoms with Crippen LogP contribution >= 0.6 is 0 Å². The molecule has 0 heterocycles. The van der Waals surface area contributed by atoms with Crippen molar-refractivity contribution in [1.82, 2.24) is 4.90 Å². The summed E-state index contributed by atoms with van der Waals surface area (Å²) in [6.07, 6.45) is 1.69. The van der Waals surface area contributed by atoms with Gasteiger partial charge in [0.1, 0.15) is 0 Å². The van der Waals surface area contributed by atoms with Gasteiger partial charge in [-0.2, -0.15) is 0 Å². The third-order valence-corrected chi connectivity index (χ3v) is 3.60. The molecule has 0 bridgehead atoms. The van der Waals surface area contributed by atoms with E-state index in [1.807, 2.05) is 36.9 Å². The highest BCUT2D eigenvalue weighted by Crippen LogP contribution is 2.24. The number of carbonyl (C=O) groups excluding carboxylic acids is 1. The summed E-state index contributed by atoms with van der Waals surface area (Å²) in [5, 5.41) is 0. The molecule has 0 spiro atoms. The van der Waals surface area contributed by atoms with Crippen LogP contribution in [-0.4, -0.2) is 23.9 Å². The molecule has 1 aromatic rings. The van der Waals surface area contributed by atoms with Gasteiger partial charge in [-0.3, -0.25) is 4.79 Å². The molecule has 3 heteroatoms. The molecule has 0 aliphatic rings. The topological polar surface area (TPSA) is 46.3 Å². The fourth-order valence-corrected chi connectivity index (χ4v) is 1.92. The number of amides is 1. The predicted octanol–water partition coefficient (Wildman–Crippen LogP) is 2.80. The second kappa shape index (κ2) is 7.29. The first kappa shape index (κ1) is 15.7. The SMILES string of the molecule is CCC(C)(C)C(=O)N(CCCN)Cc1ccccc1. The van der Waals surface area contributed by atoms with Crippen LogP contribution in [0.5, 0.6) is 0 Å². The van der Waals surface area contributed by atoms with Gasteiger partial charge >= 0.3 is 0 Å². The van der Waals surface area contributed by atoms with Crippen LogP contribution in [0.3, 0.4) is 0 Å². The van der Waals surface area contributed by atoms with E-state index < -0.39 is 0 Å². The van der Waals surface area contributed by atoms with Crippen molar-refractivity contribution in [2.75, 3.05) is 13.1 Å². The summed E-state index contributed by atoms with van der Waals surface area (Å²) in [4.78, 5) is 14.5. The first-order chi connectivity index (χ1) is 9.01. The van der Waals surface area contributed by atoms with Crippen LogP contribution in [0.25, 0.3) is 0 Å². The molecule has 0 saturated heterocycles. The smallest absolute Gasteiger partial charge is 0.228 e. The minimum absolute atomic E-state index is 0.215. The third-order valence-electron chi connectivity index (χ3n) is 3.60. The van der Waals surface area contributed by atoms with Crippen molar-refractivity contribution in [2.24, 2.45) is 11.1 Å². The average molecular weight is 262 g/mol. The highest BCUT2D eigenvalue weighted by atomic mass is 16.2. The zero-order chi connectivity index (χ0) is 14.3. The van der Waals surface area contributed by atoms with Gasteiger partial charge < -0.3 is 10.6 Å². The van der Waals surface area contributed by atoms with Gasteiger partial charge in [0.05, 0.1) is 0 Å². The maximum Gasteiger partial charge on any atom is 0.228 e. The van der Waals surface area contributed by atoms with E-state index in [0.717, 1.165) is 19.4 Å². The second-order valence-corrected chi connectivity index (χ2v) is 5.59. The molecule has 3 nitrogen and oxygen atoms in total. The number of carbonyl (C=O) groups is 1. The quantitative estimate of drug-likeness (QED) is 0.821. The van der Waals surface area contributed by atoms with Crippen molar-refractivity contribution < 1.29 is 4.79 Å². The molecule has 106 valence electrons. The first-order valence-corrected chi connectivity index (χ1v) is 7.04. The Balaban J connectivity index is 2.80. The summed E-state index contributed by atoms with van der Waals surface area (Å²) < 4.78 is 0. The Hall–Kier alpha value is -1.35. The average Bonchev–Trinajstić information content (AvgIpc) is 2.43. The number of hydrogen-bond donors (Lipinski definition) is 1. The van der Waals surface area contributed by atoms with Gasteiger partial charge in [0.15, 0.2) is 0 Å². The third kappa shape index (κ3) is 4.67. The lowest BCUT2D eigenvalue weighted by Crippen LogP contribution is -2.41. The van der Waals surface area contributed by atoms with Crippen LogP contribution < -0.4 is 5.73 Å². The van der Waals surface area contributed by atoms with Crippen molar-refractivity contribution in [3.8, 4) is 0 Å². The van der Waals surface area contributed by atoms with E-state index in [-0.39, 0.29) is 11.3 Å². The molecule has 0 saturated carbocycles. The van der Waals surface area contributed by atoms with Crippen molar-refractivity contribution >= 4 is 5.91 Å². The van der Waals surface area contributed by atoms with E-state index in [2.05, 4.69) is 19.1 Å². The lowest BCUT2D eigenvalue weighted by molar-refractivity contribution is -0.141. The Morgan fingerprint density at radius 1 is 1.26 bits per heavy atom. The molecule has 0 atom stereocenters. The van der Waals surface area contributed by atoms with E-state index >= 15 is 0 Å². The number of benzene rings is 1. The molecule has 0 radical (unpaired) electrons. The van der Waals surface area contributed by atoms with Gasteiger partial charge in [-0.05, 0) is 24.9 Å². The maximum atomic E-state index is 12.6. The normalized spacial score (nSPS) is 11.4. The summed E-state index contributed by atoms with van der Waals surface area (Å²) in [5.41, 5.74) is 6.44. The number of rotatable bonds is 7. The first-order valence-electron chi connectivity index (χ1n) is 7.04. The van der Waals surface area contributed by atoms with Gasteiger partial charge in [0, 0.05) is 18.5 Å². The number of nitrogens with zero attached hydrogens (tertiary/aromatic N) is 1. The molecule has 0 aliphatic carbocycles. The molecule has 2 N–H and O–H groups in total. The monoisotopic (exact) mass is 262 g/mol. The summed E-state index contributed by atoms with van der Waals surface area (Å²) in [6.45, 7) is 8.09. The van der Waals surface area contributed by atoms with Crippen LogP contribution in [0.4, 0.5) is 0 Å². The van der Waals surface area contributed by atoms with Crippen LogP contribution in [0.2, 0.25) is 0 Å². The highest BCUT2D eigenvalue weighted by Gasteiger charge is 2.29. The van der Waals surface area contributed by atoms with Gasteiger partial charge in [0.25, 0.3) is 0 Å². The Bertz CT molecular complexity index is 387. The predicted molar refractivity (Wildman–Crippen MR) is 79.6 cm³/mol. The summed E-state index contributed by atoms with van der Waals surface area (Å²) in [5.74, 6) is 0.215. The molecule has 1 amide bonds. The highest BCUT2D eigenvalue weighted by molar-refractivity contribution is 5.81. The van der Waals surface area contributed by atoms with Gasteiger partial charge in [-0.1, -0.05) is 51.1 Å².